The van der Waals surface area contributed by atoms with Crippen LogP contribution in [0.1, 0.15) is 29.0 Å². The van der Waals surface area contributed by atoms with Crippen molar-refractivity contribution in [2.75, 3.05) is 0 Å². The van der Waals surface area contributed by atoms with Crippen molar-refractivity contribution >= 4 is 5.97 Å². The zero-order valence-corrected chi connectivity index (χ0v) is 10.2. The summed E-state index contributed by atoms with van der Waals surface area (Å²) in [7, 11) is 0. The van der Waals surface area contributed by atoms with E-state index in [-0.39, 0.29) is 5.92 Å². The number of carboxylic acid groups (broad SMARTS) is 1. The SMILES string of the molecule is Cc1ccc(C(C=CC(=O)O)c2ccc(C)o2)o1. The third kappa shape index (κ3) is 2.71. The lowest BCUT2D eigenvalue weighted by molar-refractivity contribution is -0.131. The highest BCUT2D eigenvalue weighted by Gasteiger charge is 2.18. The maximum atomic E-state index is 10.6. The Kier molecular flexibility index (Phi) is 3.37. The van der Waals surface area contributed by atoms with Gasteiger partial charge in [0.25, 0.3) is 0 Å². The first-order valence-corrected chi connectivity index (χ1v) is 5.60. The number of furan rings is 2. The van der Waals surface area contributed by atoms with Crippen LogP contribution in [0.3, 0.4) is 0 Å². The summed E-state index contributed by atoms with van der Waals surface area (Å²) in [6.45, 7) is 3.68. The van der Waals surface area contributed by atoms with E-state index in [1.807, 2.05) is 38.1 Å². The van der Waals surface area contributed by atoms with Crippen molar-refractivity contribution in [3.63, 3.8) is 0 Å². The zero-order chi connectivity index (χ0) is 13.1. The van der Waals surface area contributed by atoms with Crippen LogP contribution in [0.15, 0.2) is 45.3 Å². The van der Waals surface area contributed by atoms with Crippen LogP contribution in [0.25, 0.3) is 0 Å². The van der Waals surface area contributed by atoms with Gasteiger partial charge >= 0.3 is 5.97 Å². The number of aliphatic carboxylic acids is 1. The topological polar surface area (TPSA) is 63.6 Å². The number of aryl methyl sites for hydroxylation is 2. The molecule has 0 atom stereocenters. The summed E-state index contributed by atoms with van der Waals surface area (Å²) in [5, 5.41) is 8.72. The standard InChI is InChI=1S/C14H14O4/c1-9-3-6-12(17-9)11(5-8-14(15)16)13-7-4-10(2)18-13/h3-8,11H,1-2H3,(H,15,16). The van der Waals surface area contributed by atoms with E-state index in [4.69, 9.17) is 13.9 Å². The molecule has 0 saturated heterocycles. The van der Waals surface area contributed by atoms with Crippen molar-refractivity contribution in [1.29, 1.82) is 0 Å². The number of carbonyl (C=O) groups is 1. The first kappa shape index (κ1) is 12.2. The minimum Gasteiger partial charge on any atom is -0.478 e. The van der Waals surface area contributed by atoms with Gasteiger partial charge < -0.3 is 13.9 Å². The highest BCUT2D eigenvalue weighted by molar-refractivity contribution is 5.80. The lowest BCUT2D eigenvalue weighted by atomic mass is 10.0. The average Bonchev–Trinajstić information content (AvgIpc) is 2.89. The third-order valence-electron chi connectivity index (χ3n) is 2.57. The van der Waals surface area contributed by atoms with Gasteiger partial charge in [-0.3, -0.25) is 0 Å². The van der Waals surface area contributed by atoms with Gasteiger partial charge in [0.15, 0.2) is 0 Å². The largest absolute Gasteiger partial charge is 0.478 e. The fourth-order valence-corrected chi connectivity index (χ4v) is 1.75. The fraction of sp³-hybridized carbons (Fsp3) is 0.214. The van der Waals surface area contributed by atoms with Crippen LogP contribution in [-0.4, -0.2) is 11.1 Å². The quantitative estimate of drug-likeness (QED) is 0.841. The average molecular weight is 246 g/mol. The molecule has 0 aromatic carbocycles. The van der Waals surface area contributed by atoms with E-state index >= 15 is 0 Å². The van der Waals surface area contributed by atoms with E-state index < -0.39 is 5.97 Å². The van der Waals surface area contributed by atoms with Crippen LogP contribution < -0.4 is 0 Å². The molecule has 0 spiro atoms. The summed E-state index contributed by atoms with van der Waals surface area (Å²) in [4.78, 5) is 10.6. The second-order valence-electron chi connectivity index (χ2n) is 4.07. The van der Waals surface area contributed by atoms with Gasteiger partial charge in [0.2, 0.25) is 0 Å². The summed E-state index contributed by atoms with van der Waals surface area (Å²) in [6.07, 6.45) is 2.65. The Balaban J connectivity index is 2.37. The number of hydrogen-bond acceptors (Lipinski definition) is 3. The summed E-state index contributed by atoms with van der Waals surface area (Å²) < 4.78 is 11.1. The van der Waals surface area contributed by atoms with E-state index in [1.54, 1.807) is 6.08 Å². The van der Waals surface area contributed by atoms with Gasteiger partial charge in [-0.1, -0.05) is 6.08 Å². The van der Waals surface area contributed by atoms with E-state index in [0.29, 0.717) is 11.5 Å². The van der Waals surface area contributed by atoms with E-state index in [1.165, 1.54) is 0 Å². The van der Waals surface area contributed by atoms with Gasteiger partial charge in [-0.15, -0.1) is 0 Å². The summed E-state index contributed by atoms with van der Waals surface area (Å²) in [6, 6.07) is 7.33. The number of allylic oxidation sites excluding steroid dienone is 1. The molecule has 2 heterocycles. The first-order valence-electron chi connectivity index (χ1n) is 5.60. The highest BCUT2D eigenvalue weighted by atomic mass is 16.4. The van der Waals surface area contributed by atoms with Gasteiger partial charge in [0.1, 0.15) is 23.0 Å². The molecule has 2 aromatic rings. The molecule has 2 aromatic heterocycles. The monoisotopic (exact) mass is 246 g/mol. The molecule has 0 aliphatic rings. The molecule has 4 heteroatoms. The Bertz CT molecular complexity index is 534. The predicted molar refractivity (Wildman–Crippen MR) is 65.5 cm³/mol. The summed E-state index contributed by atoms with van der Waals surface area (Å²) in [5.74, 6) is 1.58. The van der Waals surface area contributed by atoms with Gasteiger partial charge in [-0.05, 0) is 38.1 Å². The van der Waals surface area contributed by atoms with Crippen LogP contribution in [0.5, 0.6) is 0 Å². The molecule has 2 rings (SSSR count). The van der Waals surface area contributed by atoms with Gasteiger partial charge in [0, 0.05) is 6.08 Å². The number of carboxylic acids is 1. The Morgan fingerprint density at radius 1 is 1.11 bits per heavy atom. The molecule has 0 aliphatic heterocycles. The molecule has 0 aliphatic carbocycles. The van der Waals surface area contributed by atoms with Crippen LogP contribution in [0.2, 0.25) is 0 Å². The maximum Gasteiger partial charge on any atom is 0.328 e. The molecule has 0 radical (unpaired) electrons. The van der Waals surface area contributed by atoms with Crippen LogP contribution in [-0.2, 0) is 4.79 Å². The second-order valence-corrected chi connectivity index (χ2v) is 4.07. The van der Waals surface area contributed by atoms with Crippen molar-refractivity contribution in [3.8, 4) is 0 Å². The summed E-state index contributed by atoms with van der Waals surface area (Å²) >= 11 is 0. The molecule has 0 saturated carbocycles. The molecule has 0 unspecified atom stereocenters. The van der Waals surface area contributed by atoms with E-state index in [2.05, 4.69) is 0 Å². The Labute approximate surface area is 105 Å². The predicted octanol–water partition coefficient (Wildman–Crippen LogP) is 3.26. The lowest BCUT2D eigenvalue weighted by Crippen LogP contribution is -1.96. The smallest absolute Gasteiger partial charge is 0.328 e. The Morgan fingerprint density at radius 2 is 1.61 bits per heavy atom. The minimum atomic E-state index is -0.994. The van der Waals surface area contributed by atoms with Crippen molar-refractivity contribution in [1.82, 2.24) is 0 Å². The van der Waals surface area contributed by atoms with Crippen molar-refractivity contribution in [2.24, 2.45) is 0 Å². The maximum absolute atomic E-state index is 10.6. The zero-order valence-electron chi connectivity index (χ0n) is 10.2. The van der Waals surface area contributed by atoms with Gasteiger partial charge in [-0.25, -0.2) is 4.79 Å². The van der Waals surface area contributed by atoms with Crippen molar-refractivity contribution in [2.45, 2.75) is 19.8 Å². The van der Waals surface area contributed by atoms with E-state index in [9.17, 15) is 4.79 Å². The molecule has 18 heavy (non-hydrogen) atoms. The Hall–Kier alpha value is -2.23. The molecule has 0 bridgehead atoms. The van der Waals surface area contributed by atoms with Gasteiger partial charge in [0.05, 0.1) is 5.92 Å². The highest BCUT2D eigenvalue weighted by Crippen LogP contribution is 2.29. The fourth-order valence-electron chi connectivity index (χ4n) is 1.75. The normalized spacial score (nSPS) is 11.5. The van der Waals surface area contributed by atoms with Crippen LogP contribution in [0.4, 0.5) is 0 Å². The molecular formula is C14H14O4. The first-order chi connectivity index (χ1) is 8.56. The lowest BCUT2D eigenvalue weighted by Gasteiger charge is -2.06. The number of hydrogen-bond donors (Lipinski definition) is 1. The van der Waals surface area contributed by atoms with E-state index in [0.717, 1.165) is 17.6 Å². The molecule has 0 amide bonds. The third-order valence-corrected chi connectivity index (χ3v) is 2.57. The van der Waals surface area contributed by atoms with Crippen molar-refractivity contribution < 1.29 is 18.7 Å². The minimum absolute atomic E-state index is 0.316. The Morgan fingerprint density at radius 3 is 1.94 bits per heavy atom. The molecule has 94 valence electrons. The number of rotatable bonds is 4. The van der Waals surface area contributed by atoms with Crippen LogP contribution in [0, 0.1) is 13.8 Å². The molecule has 0 fully saturated rings. The molecule has 1 N–H and O–H groups in total. The van der Waals surface area contributed by atoms with Gasteiger partial charge in [-0.2, -0.15) is 0 Å². The molecule has 4 nitrogen and oxygen atoms in total. The summed E-state index contributed by atoms with van der Waals surface area (Å²) in [5.41, 5.74) is 0. The second kappa shape index (κ2) is 4.96. The molecular weight excluding hydrogens is 232 g/mol. The van der Waals surface area contributed by atoms with Crippen LogP contribution >= 0.6 is 0 Å². The van der Waals surface area contributed by atoms with Crippen molar-refractivity contribution in [3.05, 3.63) is 59.5 Å².